The Morgan fingerprint density at radius 1 is 1.12 bits per heavy atom. The molecule has 1 aliphatic carbocycles. The maximum Gasteiger partial charge on any atom is 0.238 e. The minimum absolute atomic E-state index is 0.192. The Labute approximate surface area is 142 Å². The molecule has 0 amide bonds. The lowest BCUT2D eigenvalue weighted by molar-refractivity contribution is -0.532. The largest absolute Gasteiger partial charge is 0.493 e. The second kappa shape index (κ2) is 7.53. The van der Waals surface area contributed by atoms with Gasteiger partial charge in [0.1, 0.15) is 0 Å². The highest BCUT2D eigenvalue weighted by Gasteiger charge is 2.42. The van der Waals surface area contributed by atoms with E-state index in [0.717, 1.165) is 5.56 Å². The summed E-state index contributed by atoms with van der Waals surface area (Å²) in [4.78, 5) is 13.4. The van der Waals surface area contributed by atoms with E-state index in [0.29, 0.717) is 23.7 Å². The smallest absolute Gasteiger partial charge is 0.238 e. The molecule has 1 aromatic rings. The Morgan fingerprint density at radius 2 is 1.71 bits per heavy atom. The first-order chi connectivity index (χ1) is 11.4. The molecule has 0 bridgehead atoms. The third-order valence-corrected chi connectivity index (χ3v) is 4.44. The van der Waals surface area contributed by atoms with Crippen molar-refractivity contribution >= 4 is 0 Å². The van der Waals surface area contributed by atoms with E-state index in [1.807, 2.05) is 31.1 Å². The van der Waals surface area contributed by atoms with Crippen molar-refractivity contribution in [3.05, 3.63) is 40.0 Å². The highest BCUT2D eigenvalue weighted by atomic mass is 16.6. The molecule has 0 fully saturated rings. The zero-order chi connectivity index (χ0) is 17.9. The Hall–Kier alpha value is -2.28. The van der Waals surface area contributed by atoms with Crippen molar-refractivity contribution < 1.29 is 19.1 Å². The topological polar surface area (TPSA) is 74.1 Å². The normalized spacial score (nSPS) is 23.2. The molecule has 0 spiro atoms. The molecule has 1 unspecified atom stereocenters. The van der Waals surface area contributed by atoms with Crippen molar-refractivity contribution in [3.63, 3.8) is 0 Å². The molecule has 0 radical (unpaired) electrons. The van der Waals surface area contributed by atoms with Crippen LogP contribution >= 0.6 is 0 Å². The maximum atomic E-state index is 11.7. The van der Waals surface area contributed by atoms with Gasteiger partial charge in [-0.05, 0) is 38.2 Å². The summed E-state index contributed by atoms with van der Waals surface area (Å²) in [5.41, 5.74) is 0.808. The Morgan fingerprint density at radius 3 is 2.12 bits per heavy atom. The van der Waals surface area contributed by atoms with Crippen LogP contribution in [0.25, 0.3) is 0 Å². The Balaban J connectivity index is 2.53. The predicted octanol–water partition coefficient (Wildman–Crippen LogP) is 2.33. The fourth-order valence-corrected chi connectivity index (χ4v) is 3.25. The maximum absolute atomic E-state index is 11.7. The van der Waals surface area contributed by atoms with Crippen LogP contribution in [0.1, 0.15) is 17.9 Å². The van der Waals surface area contributed by atoms with Gasteiger partial charge in [-0.2, -0.15) is 0 Å². The minimum Gasteiger partial charge on any atom is -0.493 e. The predicted molar refractivity (Wildman–Crippen MR) is 90.9 cm³/mol. The fraction of sp³-hybridized carbons (Fsp3) is 0.529. The van der Waals surface area contributed by atoms with E-state index in [4.69, 9.17) is 14.2 Å². The van der Waals surface area contributed by atoms with E-state index in [2.05, 4.69) is 0 Å². The number of hydrogen-bond donors (Lipinski definition) is 0. The molecule has 0 aromatic heterocycles. The van der Waals surface area contributed by atoms with Gasteiger partial charge in [0.25, 0.3) is 0 Å². The van der Waals surface area contributed by atoms with Crippen LogP contribution in [0.2, 0.25) is 0 Å². The molecule has 1 aromatic carbocycles. The van der Waals surface area contributed by atoms with E-state index < -0.39 is 6.04 Å². The fourth-order valence-electron chi connectivity index (χ4n) is 3.25. The van der Waals surface area contributed by atoms with E-state index in [1.54, 1.807) is 12.1 Å². The lowest BCUT2D eigenvalue weighted by Crippen LogP contribution is -2.47. The van der Waals surface area contributed by atoms with E-state index in [-0.39, 0.29) is 16.9 Å². The Bertz CT molecular complexity index is 604. The van der Waals surface area contributed by atoms with Gasteiger partial charge in [0.15, 0.2) is 11.5 Å². The average molecular weight is 336 g/mol. The molecular weight excluding hydrogens is 312 g/mol. The molecular formula is C17H24N2O5. The van der Waals surface area contributed by atoms with Gasteiger partial charge in [0, 0.05) is 4.92 Å². The van der Waals surface area contributed by atoms with Crippen LogP contribution in [0.4, 0.5) is 0 Å². The van der Waals surface area contributed by atoms with Crippen LogP contribution in [0, 0.1) is 10.1 Å². The van der Waals surface area contributed by atoms with Crippen LogP contribution < -0.4 is 14.2 Å². The molecule has 0 saturated carbocycles. The minimum atomic E-state index is -0.743. The number of rotatable bonds is 6. The first kappa shape index (κ1) is 18.1. The summed E-state index contributed by atoms with van der Waals surface area (Å²) in [6, 6.07) is 2.59. The highest BCUT2D eigenvalue weighted by Crippen LogP contribution is 2.43. The molecule has 132 valence electrons. The quantitative estimate of drug-likeness (QED) is 0.451. The number of likely N-dealkylation sites (N-methyl/N-ethyl adjacent to an activating group) is 1. The standard InChI is InChI=1S/C17H24N2O5/c1-18(2)13-8-6-7-12(16(13)19(20)21)11-9-14(22-3)17(24-5)15(10-11)23-4/h6,8-10,12-13,16H,7H2,1-5H3/t12-,13-,16?/m0/s1. The van der Waals surface area contributed by atoms with Crippen molar-refractivity contribution in [2.45, 2.75) is 24.4 Å². The summed E-state index contributed by atoms with van der Waals surface area (Å²) in [6.07, 6.45) is 4.50. The molecule has 0 N–H and O–H groups in total. The zero-order valence-corrected chi connectivity index (χ0v) is 14.7. The molecule has 0 aliphatic heterocycles. The third kappa shape index (κ3) is 3.31. The number of ether oxygens (including phenoxy) is 3. The third-order valence-electron chi connectivity index (χ3n) is 4.44. The SMILES string of the molecule is COc1cc([C@@H]2CC=C[C@H](N(C)C)C2[N+](=O)[O-])cc(OC)c1OC. The molecule has 0 heterocycles. The Kier molecular flexibility index (Phi) is 5.66. The first-order valence-electron chi connectivity index (χ1n) is 7.71. The summed E-state index contributed by atoms with van der Waals surface area (Å²) < 4.78 is 16.1. The first-order valence-corrected chi connectivity index (χ1v) is 7.71. The summed E-state index contributed by atoms with van der Waals surface area (Å²) in [5.74, 6) is 1.22. The average Bonchev–Trinajstić information content (AvgIpc) is 2.59. The van der Waals surface area contributed by atoms with Crippen molar-refractivity contribution in [1.82, 2.24) is 4.90 Å². The van der Waals surface area contributed by atoms with Crippen molar-refractivity contribution in [3.8, 4) is 17.2 Å². The summed E-state index contributed by atoms with van der Waals surface area (Å²) in [5, 5.41) is 11.7. The van der Waals surface area contributed by atoms with Gasteiger partial charge in [-0.25, -0.2) is 0 Å². The molecule has 2 rings (SSSR count). The van der Waals surface area contributed by atoms with Gasteiger partial charge in [0.2, 0.25) is 11.8 Å². The number of methoxy groups -OCH3 is 3. The number of nitro groups is 1. The lowest BCUT2D eigenvalue weighted by atomic mass is 9.80. The van der Waals surface area contributed by atoms with Crippen LogP contribution in [0.5, 0.6) is 17.2 Å². The highest BCUT2D eigenvalue weighted by molar-refractivity contribution is 5.55. The zero-order valence-electron chi connectivity index (χ0n) is 14.7. The molecule has 1 aliphatic rings. The summed E-state index contributed by atoms with van der Waals surface area (Å²) >= 11 is 0. The summed E-state index contributed by atoms with van der Waals surface area (Å²) in [7, 11) is 8.31. The summed E-state index contributed by atoms with van der Waals surface area (Å²) in [6.45, 7) is 0. The lowest BCUT2D eigenvalue weighted by Gasteiger charge is -2.33. The van der Waals surface area contributed by atoms with E-state index in [9.17, 15) is 10.1 Å². The molecule has 7 nitrogen and oxygen atoms in total. The molecule has 0 saturated heterocycles. The van der Waals surface area contributed by atoms with Crippen LogP contribution in [0.3, 0.4) is 0 Å². The van der Waals surface area contributed by atoms with Gasteiger partial charge in [-0.15, -0.1) is 0 Å². The number of nitrogens with zero attached hydrogens (tertiary/aromatic N) is 2. The van der Waals surface area contributed by atoms with Gasteiger partial charge in [0.05, 0.1) is 33.3 Å². The van der Waals surface area contributed by atoms with Crippen molar-refractivity contribution in [2.75, 3.05) is 35.4 Å². The molecule has 24 heavy (non-hydrogen) atoms. The van der Waals surface area contributed by atoms with Crippen molar-refractivity contribution in [1.29, 1.82) is 0 Å². The van der Waals surface area contributed by atoms with Gasteiger partial charge in [-0.3, -0.25) is 15.0 Å². The van der Waals surface area contributed by atoms with Crippen LogP contribution in [-0.4, -0.2) is 57.3 Å². The van der Waals surface area contributed by atoms with Gasteiger partial charge in [-0.1, -0.05) is 12.2 Å². The van der Waals surface area contributed by atoms with Gasteiger partial charge < -0.3 is 14.2 Å². The monoisotopic (exact) mass is 336 g/mol. The van der Waals surface area contributed by atoms with Crippen molar-refractivity contribution in [2.24, 2.45) is 0 Å². The van der Waals surface area contributed by atoms with E-state index >= 15 is 0 Å². The van der Waals surface area contributed by atoms with E-state index in [1.165, 1.54) is 21.3 Å². The number of allylic oxidation sites excluding steroid dienone is 1. The second-order valence-corrected chi connectivity index (χ2v) is 5.96. The number of benzene rings is 1. The molecule has 3 atom stereocenters. The molecule has 7 heteroatoms. The van der Waals surface area contributed by atoms with Crippen LogP contribution in [0.15, 0.2) is 24.3 Å². The van der Waals surface area contributed by atoms with Gasteiger partial charge >= 0.3 is 0 Å². The van der Waals surface area contributed by atoms with Crippen LogP contribution in [-0.2, 0) is 0 Å². The number of hydrogen-bond acceptors (Lipinski definition) is 6. The second-order valence-electron chi connectivity index (χ2n) is 5.96.